The number of fused-ring (bicyclic) bond motifs is 13. The Labute approximate surface area is 685 Å². The zero-order valence-corrected chi connectivity index (χ0v) is 66.8. The standard InChI is InChI=1S/C24H26ClN3O4.C24H27N3O4.2C13H15ClO.C12H14N2O4.Li.H2O/c1-2-31-24(30)23-22-14-9-13(14)10-18(22)28(26-23)12-21(29)27-8-7-19(15-11-17(15)27)32-20-6-4-3-5-16(20)25;1-2-30-24(29)23-22-16-10-14(16)11-19(22)27(25-23)13-21(28)26-9-8-20(17-12-18(17)26)31-15-6-4-3-5-7-15;2*14-11-5-1-2-6-13(11)15-12-7-3-4-9-8-10(9)12;1-2-18-12(17)11-10-7-3-6(7)4-8(10)14(13-11)5-9(15)16;;/h3-6,13-15,17,19H,2,7-12H2,1H3;3-7,14,16-18,20H,2,8-13H2,1H3;2*1-2,5-6,9-10,12H,3-4,7-8H2;6-7H,2-5H2,1H3,(H,15,16);;1H2/q;;;;;+1;/p-1/t13-,14-,15?,17?,19?;14-,16-,17?,18?,20?;;;6-,7-;;/m11..1../s1. The summed E-state index contributed by atoms with van der Waals surface area (Å²) in [5.41, 5.74) is 7.16. The minimum absolute atomic E-state index is 0. The number of aromatic nitrogens is 6. The first kappa shape index (κ1) is 80.2. The number of hydrogen-bond donors (Lipinski definition) is 1. The Morgan fingerprint density at radius 2 is 0.761 bits per heavy atom. The second kappa shape index (κ2) is 34.0. The molecule has 14 aliphatic rings. The minimum atomic E-state index is -0.948. The van der Waals surface area contributed by atoms with Crippen molar-refractivity contribution in [2.24, 2.45) is 53.3 Å². The van der Waals surface area contributed by atoms with Crippen molar-refractivity contribution in [2.45, 2.75) is 210 Å². The first-order valence-electron chi connectivity index (χ1n) is 40.5. The van der Waals surface area contributed by atoms with Gasteiger partial charge >= 0.3 is 42.7 Å². The number of piperidine rings is 2. The molecule has 2 N–H and O–H groups in total. The molecule has 2 saturated heterocycles. The van der Waals surface area contributed by atoms with Crippen LogP contribution in [-0.2, 0) is 67.5 Å². The number of likely N-dealkylation sites (tertiary alicyclic amines) is 2. The molecule has 0 spiro atoms. The molecule has 27 heteroatoms. The molecule has 9 saturated carbocycles. The predicted molar refractivity (Wildman–Crippen MR) is 414 cm³/mol. The first-order chi connectivity index (χ1) is 54.0. The molecule has 5 heterocycles. The van der Waals surface area contributed by atoms with Gasteiger partial charge < -0.3 is 53.5 Å². The Morgan fingerprint density at radius 3 is 1.12 bits per heavy atom. The Bertz CT molecular complexity index is 4620. The third-order valence-corrected chi connectivity index (χ3v) is 26.5. The summed E-state index contributed by atoms with van der Waals surface area (Å²) in [4.78, 5) is 77.8. The molecule has 12 aliphatic carbocycles. The van der Waals surface area contributed by atoms with E-state index in [0.29, 0.717) is 120 Å². The third-order valence-electron chi connectivity index (χ3n) is 25.5. The van der Waals surface area contributed by atoms with Gasteiger partial charge in [-0.25, -0.2) is 14.4 Å². The summed E-state index contributed by atoms with van der Waals surface area (Å²) in [7, 11) is 0. The van der Waals surface area contributed by atoms with Crippen molar-refractivity contribution in [3.05, 3.63) is 169 Å². The molecule has 18 atom stereocenters. The number of ether oxygens (including phenoxy) is 7. The summed E-state index contributed by atoms with van der Waals surface area (Å²) in [6, 6.07) is 33.5. The van der Waals surface area contributed by atoms with Crippen molar-refractivity contribution in [1.82, 2.24) is 39.1 Å². The number of amides is 2. The van der Waals surface area contributed by atoms with Gasteiger partial charge in [-0.1, -0.05) is 89.4 Å². The minimum Gasteiger partial charge on any atom is -0.870 e. The van der Waals surface area contributed by atoms with E-state index in [-0.39, 0.29) is 92.0 Å². The van der Waals surface area contributed by atoms with Gasteiger partial charge in [-0.15, -0.1) is 0 Å². The number of carbonyl (C=O) groups is 6. The molecule has 0 radical (unpaired) electrons. The molecule has 2 aliphatic heterocycles. The molecule has 7 aromatic rings. The number of esters is 3. The zero-order valence-electron chi connectivity index (χ0n) is 64.5. The Kier molecular flexibility index (Phi) is 24.1. The summed E-state index contributed by atoms with van der Waals surface area (Å²) in [6.45, 7) is 7.85. The molecule has 4 aromatic carbocycles. The van der Waals surface area contributed by atoms with Crippen LogP contribution in [0.1, 0.15) is 200 Å². The molecule has 594 valence electrons. The van der Waals surface area contributed by atoms with E-state index in [9.17, 15) is 28.8 Å². The maximum absolute atomic E-state index is 13.2. The number of aliphatic carboxylic acids is 1. The average molecular weight is 1600 g/mol. The number of carboxylic acids is 1. The van der Waals surface area contributed by atoms with E-state index < -0.39 is 11.9 Å². The van der Waals surface area contributed by atoms with E-state index in [1.807, 2.05) is 113 Å². The van der Waals surface area contributed by atoms with Crippen LogP contribution in [0, 0.1) is 53.3 Å². The molecular weight excluding hydrogens is 1500 g/mol. The number of rotatable bonds is 20. The van der Waals surface area contributed by atoms with Gasteiger partial charge in [-0.05, 0) is 231 Å². The maximum Gasteiger partial charge on any atom is 1.00 e. The second-order valence-corrected chi connectivity index (χ2v) is 33.9. The van der Waals surface area contributed by atoms with Gasteiger partial charge in [0, 0.05) is 83.6 Å². The van der Waals surface area contributed by atoms with Crippen molar-refractivity contribution in [3.8, 4) is 23.0 Å². The number of nitrogens with zero attached hydrogens (tertiary/aromatic N) is 8. The molecule has 113 heavy (non-hydrogen) atoms. The summed E-state index contributed by atoms with van der Waals surface area (Å²) in [5.74, 6) is 8.66. The van der Waals surface area contributed by atoms with Gasteiger partial charge in [-0.2, -0.15) is 15.3 Å². The number of carboxylic acid groups (broad SMARTS) is 1. The van der Waals surface area contributed by atoms with Gasteiger partial charge in [0.2, 0.25) is 11.8 Å². The number of halogens is 3. The molecule has 3 aromatic heterocycles. The molecule has 2 amide bonds. The van der Waals surface area contributed by atoms with Crippen LogP contribution in [-0.4, -0.2) is 155 Å². The Morgan fingerprint density at radius 1 is 0.416 bits per heavy atom. The van der Waals surface area contributed by atoms with Crippen LogP contribution < -0.4 is 37.8 Å². The average Bonchev–Trinajstić information content (AvgIpc) is 1.57. The van der Waals surface area contributed by atoms with Gasteiger partial charge in [-0.3, -0.25) is 28.4 Å². The molecule has 0 bridgehead atoms. The molecular formula is C86H98Cl3LiN8O15. The summed E-state index contributed by atoms with van der Waals surface area (Å²) < 4.78 is 44.8. The van der Waals surface area contributed by atoms with Crippen molar-refractivity contribution in [3.63, 3.8) is 0 Å². The molecule has 12 unspecified atom stereocenters. The van der Waals surface area contributed by atoms with Crippen molar-refractivity contribution in [1.29, 1.82) is 0 Å². The van der Waals surface area contributed by atoms with E-state index in [4.69, 9.17) is 73.1 Å². The maximum atomic E-state index is 13.2. The van der Waals surface area contributed by atoms with Crippen molar-refractivity contribution >= 4 is 70.5 Å². The van der Waals surface area contributed by atoms with Crippen LogP contribution >= 0.6 is 34.8 Å². The number of benzene rings is 4. The number of hydrogen-bond acceptors (Lipinski definition) is 17. The summed E-state index contributed by atoms with van der Waals surface area (Å²) in [5, 5.41) is 24.1. The van der Waals surface area contributed by atoms with E-state index >= 15 is 0 Å². The fourth-order valence-electron chi connectivity index (χ4n) is 19.5. The largest absolute Gasteiger partial charge is 1.00 e. The normalized spacial score (nSPS) is 28.9. The monoisotopic (exact) mass is 1590 g/mol. The second-order valence-electron chi connectivity index (χ2n) is 32.7. The summed E-state index contributed by atoms with van der Waals surface area (Å²) >= 11 is 18.4. The quantitative estimate of drug-likeness (QED) is 0.0422. The van der Waals surface area contributed by atoms with E-state index in [1.54, 1.807) is 30.1 Å². The van der Waals surface area contributed by atoms with Crippen LogP contribution in [0.3, 0.4) is 0 Å². The van der Waals surface area contributed by atoms with Crippen LogP contribution in [0.25, 0.3) is 0 Å². The van der Waals surface area contributed by atoms with Gasteiger partial charge in [0.25, 0.3) is 0 Å². The van der Waals surface area contributed by atoms with E-state index in [0.717, 1.165) is 149 Å². The Balaban J connectivity index is 0.000000115. The van der Waals surface area contributed by atoms with Crippen LogP contribution in [0.4, 0.5) is 0 Å². The van der Waals surface area contributed by atoms with Crippen LogP contribution in [0.15, 0.2) is 103 Å². The van der Waals surface area contributed by atoms with Crippen LogP contribution in [0.2, 0.25) is 15.1 Å². The molecule has 21 rings (SSSR count). The fraction of sp³-hybridized carbons (Fsp3) is 0.547. The first-order valence-corrected chi connectivity index (χ1v) is 41.7. The zero-order chi connectivity index (χ0) is 76.5. The number of carbonyl (C=O) groups excluding carboxylic acids is 5. The van der Waals surface area contributed by atoms with E-state index in [1.165, 1.54) is 56.0 Å². The number of para-hydroxylation sites is 4. The topological polar surface area (TPSA) is 277 Å². The van der Waals surface area contributed by atoms with Gasteiger partial charge in [0.1, 0.15) is 67.0 Å². The van der Waals surface area contributed by atoms with Crippen molar-refractivity contribution < 1.29 is 91.4 Å². The van der Waals surface area contributed by atoms with Crippen LogP contribution in [0.5, 0.6) is 23.0 Å². The Hall–Kier alpha value is -8.04. The van der Waals surface area contributed by atoms with Crippen molar-refractivity contribution in [2.75, 3.05) is 32.9 Å². The van der Waals surface area contributed by atoms with E-state index in [2.05, 4.69) is 15.3 Å². The SMILES string of the molecule is CCOC(=O)c1nn(CC(=O)N2CCC(Oc3ccccc3)C3CC32)c2c1[C@@H]1C[C@@H]1C2.CCOC(=O)c1nn(CC(=O)N2CCC(Oc3ccccc3Cl)C3CC32)c2c1[C@@H]1C[C@@H]1C2.CCOC(=O)c1nn(CC(=O)O)c2c1[C@@H]1C[C@@H]1C2.Clc1ccccc1OC1CCCC2CC21.Clc1ccccc1OC1CCCC2CC21.[Li+].[OH-]. The molecule has 11 fully saturated rings. The third kappa shape index (κ3) is 17.3. The summed E-state index contributed by atoms with van der Waals surface area (Å²) in [6.07, 6.45) is 21.2. The molecule has 23 nitrogen and oxygen atoms in total. The smallest absolute Gasteiger partial charge is 0.870 e. The fourth-order valence-corrected chi connectivity index (χ4v) is 20.0. The van der Waals surface area contributed by atoms with Gasteiger partial charge in [0.05, 0.1) is 34.9 Å². The predicted octanol–water partition coefficient (Wildman–Crippen LogP) is 11.7. The van der Waals surface area contributed by atoms with Gasteiger partial charge in [0.15, 0.2) is 17.1 Å².